The number of hydrogen-bond donors (Lipinski definition) is 0. The van der Waals surface area contributed by atoms with Gasteiger partial charge < -0.3 is 14.2 Å². The number of carbonyl (C=O) groups is 3. The van der Waals surface area contributed by atoms with Gasteiger partial charge in [-0.25, -0.2) is 0 Å². The molecule has 0 fully saturated rings. The molecular formula is C61H106O6. The Bertz CT molecular complexity index is 1260. The van der Waals surface area contributed by atoms with Crippen molar-refractivity contribution in [2.24, 2.45) is 0 Å². The van der Waals surface area contributed by atoms with Crippen LogP contribution >= 0.6 is 0 Å². The van der Waals surface area contributed by atoms with Crippen LogP contribution in [0.4, 0.5) is 0 Å². The van der Waals surface area contributed by atoms with Crippen molar-refractivity contribution in [1.82, 2.24) is 0 Å². The zero-order chi connectivity index (χ0) is 48.6. The van der Waals surface area contributed by atoms with Gasteiger partial charge in [-0.15, -0.1) is 0 Å². The molecular weight excluding hydrogens is 829 g/mol. The Morgan fingerprint density at radius 1 is 0.313 bits per heavy atom. The molecule has 0 aliphatic carbocycles. The second-order valence-electron chi connectivity index (χ2n) is 18.8. The van der Waals surface area contributed by atoms with Gasteiger partial charge in [0.1, 0.15) is 13.2 Å². The second kappa shape index (κ2) is 55.4. The first-order valence-electron chi connectivity index (χ1n) is 28.4. The van der Waals surface area contributed by atoms with Crippen LogP contribution in [0, 0.1) is 0 Å². The first-order chi connectivity index (χ1) is 33.0. The number of carbonyl (C=O) groups excluding carboxylic acids is 3. The lowest BCUT2D eigenvalue weighted by Crippen LogP contribution is -2.30. The van der Waals surface area contributed by atoms with Crippen LogP contribution in [0.15, 0.2) is 72.9 Å². The van der Waals surface area contributed by atoms with Gasteiger partial charge in [-0.3, -0.25) is 14.4 Å². The van der Waals surface area contributed by atoms with E-state index in [4.69, 9.17) is 14.2 Å². The van der Waals surface area contributed by atoms with E-state index in [-0.39, 0.29) is 37.5 Å². The zero-order valence-corrected chi connectivity index (χ0v) is 44.2. The van der Waals surface area contributed by atoms with E-state index in [1.54, 1.807) is 0 Å². The molecule has 0 aliphatic heterocycles. The summed E-state index contributed by atoms with van der Waals surface area (Å²) < 4.78 is 16.8. The van der Waals surface area contributed by atoms with Crippen molar-refractivity contribution in [3.8, 4) is 0 Å². The fourth-order valence-electron chi connectivity index (χ4n) is 7.88. The topological polar surface area (TPSA) is 78.9 Å². The Morgan fingerprint density at radius 3 is 1.00 bits per heavy atom. The van der Waals surface area contributed by atoms with Gasteiger partial charge in [-0.2, -0.15) is 0 Å². The van der Waals surface area contributed by atoms with Gasteiger partial charge in [0.25, 0.3) is 0 Å². The Morgan fingerprint density at radius 2 is 0.597 bits per heavy atom. The quantitative estimate of drug-likeness (QED) is 0.0262. The SMILES string of the molecule is CC/C=C\C/C=C\C/C=C\C/C=C\CCCCC(=O)OC(COC(=O)CCCCCCC/C=C\CCCC)COC(=O)CCCCCCCCCCCCC/C=C\CCCCCCCCCC. The molecule has 1 unspecified atom stereocenters. The lowest BCUT2D eigenvalue weighted by Gasteiger charge is -2.18. The molecule has 67 heavy (non-hydrogen) atoms. The first-order valence-corrected chi connectivity index (χ1v) is 28.4. The Kier molecular flexibility index (Phi) is 52.8. The Hall–Kier alpha value is -3.15. The largest absolute Gasteiger partial charge is 0.462 e. The number of hydrogen-bond acceptors (Lipinski definition) is 6. The molecule has 386 valence electrons. The van der Waals surface area contributed by atoms with E-state index < -0.39 is 6.10 Å². The van der Waals surface area contributed by atoms with Crippen molar-refractivity contribution in [1.29, 1.82) is 0 Å². The fraction of sp³-hybridized carbons (Fsp3) is 0.754. The summed E-state index contributed by atoms with van der Waals surface area (Å²) in [7, 11) is 0. The molecule has 6 nitrogen and oxygen atoms in total. The van der Waals surface area contributed by atoms with E-state index in [2.05, 4.69) is 93.7 Å². The maximum atomic E-state index is 12.8. The predicted octanol–water partition coefficient (Wildman–Crippen LogP) is 19.0. The molecule has 0 radical (unpaired) electrons. The highest BCUT2D eigenvalue weighted by Gasteiger charge is 2.19. The van der Waals surface area contributed by atoms with Crippen molar-refractivity contribution in [2.45, 2.75) is 284 Å². The zero-order valence-electron chi connectivity index (χ0n) is 44.2. The minimum Gasteiger partial charge on any atom is -0.462 e. The summed E-state index contributed by atoms with van der Waals surface area (Å²) >= 11 is 0. The predicted molar refractivity (Wildman–Crippen MR) is 288 cm³/mol. The van der Waals surface area contributed by atoms with E-state index in [1.165, 1.54) is 141 Å². The number of ether oxygens (including phenoxy) is 3. The molecule has 0 heterocycles. The molecule has 0 aliphatic rings. The van der Waals surface area contributed by atoms with Crippen LogP contribution in [-0.2, 0) is 28.6 Å². The Balaban J connectivity index is 4.31. The maximum absolute atomic E-state index is 12.8. The molecule has 0 N–H and O–H groups in total. The third-order valence-electron chi connectivity index (χ3n) is 12.2. The third kappa shape index (κ3) is 53.7. The first kappa shape index (κ1) is 63.8. The summed E-state index contributed by atoms with van der Waals surface area (Å²) in [5.74, 6) is -0.942. The van der Waals surface area contributed by atoms with Crippen LogP contribution in [0.2, 0.25) is 0 Å². The molecule has 0 rings (SSSR count). The lowest BCUT2D eigenvalue weighted by molar-refractivity contribution is -0.167. The normalized spacial score (nSPS) is 12.6. The van der Waals surface area contributed by atoms with Crippen molar-refractivity contribution in [3.05, 3.63) is 72.9 Å². The standard InChI is InChI=1S/C61H106O6/c1-4-7-10-13-16-19-22-24-26-27-28-29-30-31-32-33-35-36-39-42-45-48-51-54-60(63)66-57-58(56-65-59(62)53-50-47-44-41-38-21-18-15-12-9-6-3)67-61(64)55-52-49-46-43-40-37-34-25-23-20-17-14-11-8-5-2/h8,11,15,17-18,20,25,27-28,34,40,43,58H,4-7,9-10,12-14,16,19,21-24,26,29-33,35-39,41-42,44-57H2,1-3H3/b11-8-,18-15-,20-17-,28-27-,34-25-,43-40-. The molecule has 0 saturated heterocycles. The highest BCUT2D eigenvalue weighted by molar-refractivity contribution is 5.71. The summed E-state index contributed by atoms with van der Waals surface area (Å²) in [5.41, 5.74) is 0. The van der Waals surface area contributed by atoms with Crippen LogP contribution in [0.3, 0.4) is 0 Å². The second-order valence-corrected chi connectivity index (χ2v) is 18.8. The fourth-order valence-corrected chi connectivity index (χ4v) is 7.88. The van der Waals surface area contributed by atoms with Gasteiger partial charge in [-0.1, -0.05) is 229 Å². The molecule has 6 heteroatoms. The van der Waals surface area contributed by atoms with E-state index in [9.17, 15) is 14.4 Å². The van der Waals surface area contributed by atoms with Gasteiger partial charge in [0.2, 0.25) is 0 Å². The van der Waals surface area contributed by atoms with E-state index in [0.717, 1.165) is 89.9 Å². The van der Waals surface area contributed by atoms with E-state index >= 15 is 0 Å². The summed E-state index contributed by atoms with van der Waals surface area (Å²) in [6, 6.07) is 0. The van der Waals surface area contributed by atoms with Gasteiger partial charge in [0.05, 0.1) is 0 Å². The van der Waals surface area contributed by atoms with Crippen molar-refractivity contribution >= 4 is 17.9 Å². The van der Waals surface area contributed by atoms with Crippen LogP contribution < -0.4 is 0 Å². The molecule has 0 saturated carbocycles. The van der Waals surface area contributed by atoms with Crippen LogP contribution in [0.25, 0.3) is 0 Å². The van der Waals surface area contributed by atoms with Gasteiger partial charge in [0, 0.05) is 19.3 Å². The van der Waals surface area contributed by atoms with Crippen molar-refractivity contribution < 1.29 is 28.6 Å². The maximum Gasteiger partial charge on any atom is 0.306 e. The van der Waals surface area contributed by atoms with Gasteiger partial charge >= 0.3 is 17.9 Å². The molecule has 0 aromatic carbocycles. The van der Waals surface area contributed by atoms with Crippen LogP contribution in [0.1, 0.15) is 278 Å². The summed E-state index contributed by atoms with van der Waals surface area (Å²) in [6.07, 6.45) is 70.5. The highest BCUT2D eigenvalue weighted by Crippen LogP contribution is 2.15. The van der Waals surface area contributed by atoms with Crippen molar-refractivity contribution in [2.75, 3.05) is 13.2 Å². The summed E-state index contributed by atoms with van der Waals surface area (Å²) in [4.78, 5) is 38.0. The van der Waals surface area contributed by atoms with E-state index in [0.29, 0.717) is 19.3 Å². The minimum absolute atomic E-state index is 0.0945. The number of unbranched alkanes of at least 4 members (excludes halogenated alkanes) is 28. The molecule has 0 amide bonds. The molecule has 1 atom stereocenters. The van der Waals surface area contributed by atoms with Gasteiger partial charge in [0.15, 0.2) is 6.10 Å². The smallest absolute Gasteiger partial charge is 0.306 e. The lowest BCUT2D eigenvalue weighted by atomic mass is 10.0. The average Bonchev–Trinajstić information content (AvgIpc) is 3.33. The van der Waals surface area contributed by atoms with Crippen LogP contribution in [0.5, 0.6) is 0 Å². The molecule has 0 spiro atoms. The van der Waals surface area contributed by atoms with Gasteiger partial charge in [-0.05, 0) is 103 Å². The number of esters is 3. The summed E-state index contributed by atoms with van der Waals surface area (Å²) in [5, 5.41) is 0. The van der Waals surface area contributed by atoms with Crippen molar-refractivity contribution in [3.63, 3.8) is 0 Å². The third-order valence-corrected chi connectivity index (χ3v) is 12.2. The highest BCUT2D eigenvalue weighted by atomic mass is 16.6. The molecule has 0 aromatic heterocycles. The van der Waals surface area contributed by atoms with Crippen LogP contribution in [-0.4, -0.2) is 37.2 Å². The molecule has 0 aromatic rings. The monoisotopic (exact) mass is 935 g/mol. The van der Waals surface area contributed by atoms with E-state index in [1.807, 2.05) is 0 Å². The number of allylic oxidation sites excluding steroid dienone is 12. The minimum atomic E-state index is -0.800. The Labute approximate surface area is 414 Å². The number of rotatable bonds is 51. The molecule has 0 bridgehead atoms. The summed E-state index contributed by atoms with van der Waals surface area (Å²) in [6.45, 7) is 6.46. The average molecular weight is 936 g/mol.